The molecule has 2 aromatic rings. The van der Waals surface area contributed by atoms with Gasteiger partial charge in [-0.1, -0.05) is 12.1 Å². The molecule has 1 aliphatic heterocycles. The highest BCUT2D eigenvalue weighted by atomic mass is 19.4. The van der Waals surface area contributed by atoms with Crippen molar-refractivity contribution in [3.05, 3.63) is 41.2 Å². The summed E-state index contributed by atoms with van der Waals surface area (Å²) < 4.78 is 49.8. The fourth-order valence-corrected chi connectivity index (χ4v) is 3.48. The normalized spacial score (nSPS) is 23.6. The van der Waals surface area contributed by atoms with E-state index in [1.165, 1.54) is 0 Å². The Hall–Kier alpha value is -1.86. The van der Waals surface area contributed by atoms with Crippen molar-refractivity contribution in [1.82, 2.24) is 9.97 Å². The Labute approximate surface area is 143 Å². The van der Waals surface area contributed by atoms with Crippen molar-refractivity contribution in [1.29, 1.82) is 0 Å². The van der Waals surface area contributed by atoms with Crippen molar-refractivity contribution in [2.45, 2.75) is 50.7 Å². The molecule has 1 saturated heterocycles. The van der Waals surface area contributed by atoms with Crippen molar-refractivity contribution in [2.75, 3.05) is 6.61 Å². The Balaban J connectivity index is 1.52. The van der Waals surface area contributed by atoms with Crippen LogP contribution in [0.5, 0.6) is 0 Å². The molecule has 134 valence electrons. The molecule has 1 aromatic heterocycles. The molecule has 1 fully saturated rings. The fraction of sp³-hybridized carbons (Fsp3) is 0.500. The smallest absolute Gasteiger partial charge is 0.353 e. The molecule has 1 aliphatic carbocycles. The van der Waals surface area contributed by atoms with Gasteiger partial charge < -0.3 is 14.5 Å². The number of hydrogen-bond acceptors (Lipinski definition) is 3. The van der Waals surface area contributed by atoms with Gasteiger partial charge >= 0.3 is 6.18 Å². The highest BCUT2D eigenvalue weighted by molar-refractivity contribution is 5.59. The van der Waals surface area contributed by atoms with Gasteiger partial charge in [-0.15, -0.1) is 0 Å². The molecule has 0 spiro atoms. The molecule has 2 heterocycles. The van der Waals surface area contributed by atoms with Crippen LogP contribution in [0, 0.1) is 0 Å². The monoisotopic (exact) mass is 352 g/mol. The average Bonchev–Trinajstić information content (AvgIpc) is 3.23. The maximum Gasteiger partial charge on any atom is 0.434 e. The van der Waals surface area contributed by atoms with E-state index in [0.717, 1.165) is 56.0 Å². The predicted octanol–water partition coefficient (Wildman–Crippen LogP) is 4.63. The highest BCUT2D eigenvalue weighted by Crippen LogP contribution is 2.38. The Bertz CT molecular complexity index is 751. The summed E-state index contributed by atoms with van der Waals surface area (Å²) in [6.45, 7) is 0.739. The summed E-state index contributed by atoms with van der Waals surface area (Å²) in [4.78, 5) is 6.27. The summed E-state index contributed by atoms with van der Waals surface area (Å²) in [5, 5.41) is 0. The van der Waals surface area contributed by atoms with Crippen LogP contribution in [0.1, 0.15) is 48.6 Å². The number of ether oxygens (including phenoxy) is 2. The molecule has 0 bridgehead atoms. The van der Waals surface area contributed by atoms with E-state index in [-0.39, 0.29) is 18.2 Å². The molecule has 2 aliphatic rings. The van der Waals surface area contributed by atoms with Gasteiger partial charge in [0.1, 0.15) is 5.82 Å². The van der Waals surface area contributed by atoms with Crippen LogP contribution in [0.25, 0.3) is 11.4 Å². The van der Waals surface area contributed by atoms with Crippen molar-refractivity contribution >= 4 is 0 Å². The third-order valence-electron chi connectivity index (χ3n) is 4.76. The minimum absolute atomic E-state index is 0.00510. The van der Waals surface area contributed by atoms with Crippen LogP contribution in [-0.2, 0) is 22.1 Å². The molecule has 25 heavy (non-hydrogen) atoms. The van der Waals surface area contributed by atoms with Crippen molar-refractivity contribution < 1.29 is 22.6 Å². The molecule has 0 saturated carbocycles. The topological polar surface area (TPSA) is 47.1 Å². The lowest BCUT2D eigenvalue weighted by Crippen LogP contribution is -2.23. The first-order valence-electron chi connectivity index (χ1n) is 8.53. The second kappa shape index (κ2) is 6.46. The van der Waals surface area contributed by atoms with E-state index in [1.807, 2.05) is 12.1 Å². The molecule has 4 nitrogen and oxygen atoms in total. The number of H-pyrrole nitrogens is 1. The van der Waals surface area contributed by atoms with Crippen LogP contribution in [0.4, 0.5) is 13.2 Å². The lowest BCUT2D eigenvalue weighted by atomic mass is 10.1. The molecular weight excluding hydrogens is 333 g/mol. The number of fused-ring (bicyclic) bond motifs is 1. The molecule has 0 amide bonds. The maximum absolute atomic E-state index is 12.7. The minimum atomic E-state index is -4.44. The number of imidazole rings is 1. The molecular formula is C18H19F3N2O2. The number of nitrogens with zero attached hydrogens (tertiary/aromatic N) is 1. The average molecular weight is 352 g/mol. The van der Waals surface area contributed by atoms with Gasteiger partial charge in [-0.25, -0.2) is 4.98 Å². The van der Waals surface area contributed by atoms with Gasteiger partial charge in [0.05, 0.1) is 6.10 Å². The van der Waals surface area contributed by atoms with Crippen LogP contribution in [0.3, 0.4) is 0 Å². The number of benzene rings is 1. The molecule has 2 unspecified atom stereocenters. The molecule has 2 atom stereocenters. The van der Waals surface area contributed by atoms with E-state index in [4.69, 9.17) is 9.47 Å². The lowest BCUT2D eigenvalue weighted by Gasteiger charge is -2.26. The van der Waals surface area contributed by atoms with E-state index in [0.29, 0.717) is 5.56 Å². The number of alkyl halides is 3. The summed E-state index contributed by atoms with van der Waals surface area (Å²) in [7, 11) is 0. The van der Waals surface area contributed by atoms with E-state index >= 15 is 0 Å². The summed E-state index contributed by atoms with van der Waals surface area (Å²) in [6.07, 6.45) is 1.11. The van der Waals surface area contributed by atoms with Gasteiger partial charge in [0, 0.05) is 18.4 Å². The standard InChI is InChI=1S/C18H19F3N2O2/c19-18(20,21)15-10-22-17(23-15)12-4-6-13-11(9-12)5-7-14(13)25-16-3-1-2-8-24-16/h4,6,9-10,14,16H,1-3,5,7-8H2,(H,22,23). The van der Waals surface area contributed by atoms with Gasteiger partial charge in [0.15, 0.2) is 12.0 Å². The second-order valence-corrected chi connectivity index (χ2v) is 6.51. The van der Waals surface area contributed by atoms with Crippen LogP contribution in [0.2, 0.25) is 0 Å². The van der Waals surface area contributed by atoms with Crippen LogP contribution < -0.4 is 0 Å². The number of rotatable bonds is 3. The third-order valence-corrected chi connectivity index (χ3v) is 4.76. The lowest BCUT2D eigenvalue weighted by molar-refractivity contribution is -0.189. The third kappa shape index (κ3) is 3.43. The zero-order chi connectivity index (χ0) is 17.4. The summed E-state index contributed by atoms with van der Waals surface area (Å²) >= 11 is 0. The zero-order valence-corrected chi connectivity index (χ0v) is 13.6. The van der Waals surface area contributed by atoms with Crippen molar-refractivity contribution in [3.63, 3.8) is 0 Å². The largest absolute Gasteiger partial charge is 0.434 e. The van der Waals surface area contributed by atoms with Crippen molar-refractivity contribution in [2.24, 2.45) is 0 Å². The van der Waals surface area contributed by atoms with Crippen LogP contribution >= 0.6 is 0 Å². The van der Waals surface area contributed by atoms with Gasteiger partial charge in [0.25, 0.3) is 0 Å². The second-order valence-electron chi connectivity index (χ2n) is 6.51. The number of aryl methyl sites for hydroxylation is 1. The Morgan fingerprint density at radius 1 is 1.20 bits per heavy atom. The van der Waals surface area contributed by atoms with E-state index < -0.39 is 11.9 Å². The minimum Gasteiger partial charge on any atom is -0.353 e. The summed E-state index contributed by atoms with van der Waals surface area (Å²) in [6, 6.07) is 5.63. The number of aromatic nitrogens is 2. The van der Waals surface area contributed by atoms with Crippen LogP contribution in [0.15, 0.2) is 24.4 Å². The van der Waals surface area contributed by atoms with Gasteiger partial charge in [-0.3, -0.25) is 0 Å². The van der Waals surface area contributed by atoms with Crippen molar-refractivity contribution in [3.8, 4) is 11.4 Å². The molecule has 0 radical (unpaired) electrons. The zero-order valence-electron chi connectivity index (χ0n) is 13.6. The maximum atomic E-state index is 12.7. The summed E-state index contributed by atoms with van der Waals surface area (Å²) in [5.74, 6) is 0.232. The van der Waals surface area contributed by atoms with E-state index in [9.17, 15) is 13.2 Å². The van der Waals surface area contributed by atoms with E-state index in [2.05, 4.69) is 9.97 Å². The fourth-order valence-electron chi connectivity index (χ4n) is 3.48. The predicted molar refractivity (Wildman–Crippen MR) is 84.8 cm³/mol. The highest BCUT2D eigenvalue weighted by Gasteiger charge is 2.34. The molecule has 4 rings (SSSR count). The molecule has 1 aromatic carbocycles. The Kier molecular flexibility index (Phi) is 4.29. The number of aromatic amines is 1. The molecule has 7 heteroatoms. The van der Waals surface area contributed by atoms with Crippen LogP contribution in [-0.4, -0.2) is 22.9 Å². The first kappa shape index (κ1) is 16.6. The van der Waals surface area contributed by atoms with Gasteiger partial charge in [-0.2, -0.15) is 13.2 Å². The van der Waals surface area contributed by atoms with Gasteiger partial charge in [-0.05, 0) is 49.3 Å². The van der Waals surface area contributed by atoms with E-state index in [1.54, 1.807) is 6.07 Å². The van der Waals surface area contributed by atoms with Gasteiger partial charge in [0.2, 0.25) is 0 Å². The number of nitrogens with one attached hydrogen (secondary N) is 1. The first-order valence-corrected chi connectivity index (χ1v) is 8.53. The molecule has 1 N–H and O–H groups in total. The Morgan fingerprint density at radius 3 is 2.80 bits per heavy atom. The SMILES string of the molecule is FC(F)(F)c1c[nH]c(-c2ccc3c(c2)CCC3OC2CCCCO2)n1. The summed E-state index contributed by atoms with van der Waals surface area (Å²) in [5.41, 5.74) is 1.95. The number of halogens is 3. The quantitative estimate of drug-likeness (QED) is 0.876. The first-order chi connectivity index (χ1) is 12.0. The number of hydrogen-bond donors (Lipinski definition) is 1. The Morgan fingerprint density at radius 2 is 2.08 bits per heavy atom.